The number of rotatable bonds is 7. The Hall–Kier alpha value is -3.19. The first-order valence-electron chi connectivity index (χ1n) is 10.6. The van der Waals surface area contributed by atoms with Gasteiger partial charge in [-0.3, -0.25) is 14.3 Å². The topological polar surface area (TPSA) is 65.6 Å². The molecule has 0 aliphatic heterocycles. The van der Waals surface area contributed by atoms with Crippen LogP contribution in [0.5, 0.6) is 0 Å². The van der Waals surface area contributed by atoms with Crippen molar-refractivity contribution in [3.8, 4) is 17.1 Å². The predicted octanol–water partition coefficient (Wildman–Crippen LogP) is 5.61. The Balaban J connectivity index is 1.68. The minimum absolute atomic E-state index is 0.0970. The van der Waals surface area contributed by atoms with E-state index in [0.717, 1.165) is 39.6 Å². The fourth-order valence-corrected chi connectivity index (χ4v) is 4.97. The lowest BCUT2D eigenvalue weighted by atomic mass is 10.2. The molecule has 32 heavy (non-hydrogen) atoms. The van der Waals surface area contributed by atoms with Crippen LogP contribution in [0.4, 0.5) is 0 Å². The maximum Gasteiger partial charge on any atom is 0.196 e. The van der Waals surface area contributed by atoms with Crippen LogP contribution >= 0.6 is 11.8 Å². The van der Waals surface area contributed by atoms with Gasteiger partial charge in [-0.1, -0.05) is 30.0 Å². The van der Waals surface area contributed by atoms with Gasteiger partial charge in [-0.15, -0.1) is 10.2 Å². The van der Waals surface area contributed by atoms with E-state index in [4.69, 9.17) is 0 Å². The molecule has 0 spiro atoms. The predicted molar refractivity (Wildman–Crippen MR) is 129 cm³/mol. The maximum absolute atomic E-state index is 13.1. The maximum atomic E-state index is 13.1. The second-order valence-electron chi connectivity index (χ2n) is 8.12. The molecule has 0 aliphatic carbocycles. The van der Waals surface area contributed by atoms with E-state index < -0.39 is 0 Å². The highest BCUT2D eigenvalue weighted by Gasteiger charge is 2.21. The molecule has 0 atom stereocenters. The highest BCUT2D eigenvalue weighted by Crippen LogP contribution is 2.30. The summed E-state index contributed by atoms with van der Waals surface area (Å²) in [4.78, 5) is 17.2. The first-order valence-corrected chi connectivity index (χ1v) is 11.6. The summed E-state index contributed by atoms with van der Waals surface area (Å²) in [6, 6.07) is 14.3. The molecule has 3 heterocycles. The third kappa shape index (κ3) is 4.12. The van der Waals surface area contributed by atoms with E-state index in [2.05, 4.69) is 46.6 Å². The molecule has 7 heteroatoms. The number of para-hydroxylation sites is 1. The van der Waals surface area contributed by atoms with Crippen molar-refractivity contribution in [3.05, 3.63) is 77.4 Å². The number of Topliss-reactive ketones (excluding diaryl/α,β-unsaturated/α-hetero) is 1. The van der Waals surface area contributed by atoms with Crippen molar-refractivity contribution >= 4 is 17.5 Å². The molecule has 0 radical (unpaired) electrons. The third-order valence-corrected chi connectivity index (χ3v) is 6.49. The summed E-state index contributed by atoms with van der Waals surface area (Å²) >= 11 is 1.42. The lowest BCUT2D eigenvalue weighted by molar-refractivity contribution is 0.102. The number of thioether (sulfide) groups is 1. The first kappa shape index (κ1) is 22.0. The number of carbonyl (C=O) groups excluding carboxylic acids is 1. The van der Waals surface area contributed by atoms with Gasteiger partial charge in [0.15, 0.2) is 16.8 Å². The Morgan fingerprint density at radius 1 is 1.03 bits per heavy atom. The molecule has 0 N–H and O–H groups in total. The fraction of sp³-hybridized carbons (Fsp3) is 0.280. The molecule has 4 rings (SSSR count). The van der Waals surface area contributed by atoms with Crippen molar-refractivity contribution in [2.24, 2.45) is 0 Å². The number of nitrogens with zero attached hydrogens (tertiary/aromatic N) is 5. The van der Waals surface area contributed by atoms with Crippen LogP contribution in [0.25, 0.3) is 17.1 Å². The van der Waals surface area contributed by atoms with Gasteiger partial charge in [-0.05, 0) is 64.4 Å². The van der Waals surface area contributed by atoms with E-state index >= 15 is 0 Å². The molecule has 0 aliphatic rings. The van der Waals surface area contributed by atoms with Gasteiger partial charge in [-0.2, -0.15) is 0 Å². The van der Waals surface area contributed by atoms with Gasteiger partial charge in [0.2, 0.25) is 0 Å². The average Bonchev–Trinajstić information content (AvgIpc) is 3.33. The van der Waals surface area contributed by atoms with E-state index in [1.807, 2.05) is 54.8 Å². The van der Waals surface area contributed by atoms with Crippen molar-refractivity contribution in [2.45, 2.75) is 45.8 Å². The molecule has 0 fully saturated rings. The van der Waals surface area contributed by atoms with Gasteiger partial charge in [0.05, 0.1) is 11.4 Å². The summed E-state index contributed by atoms with van der Waals surface area (Å²) in [5.74, 6) is 1.12. The molecule has 0 amide bonds. The van der Waals surface area contributed by atoms with Crippen LogP contribution in [0.15, 0.2) is 60.0 Å². The number of carbonyl (C=O) groups is 1. The van der Waals surface area contributed by atoms with Gasteiger partial charge in [0.1, 0.15) is 0 Å². The molecule has 1 aromatic carbocycles. The van der Waals surface area contributed by atoms with Gasteiger partial charge in [0, 0.05) is 41.0 Å². The number of benzene rings is 1. The normalized spacial score (nSPS) is 11.3. The fourth-order valence-electron chi connectivity index (χ4n) is 4.14. The quantitative estimate of drug-likeness (QED) is 0.273. The average molecular weight is 446 g/mol. The van der Waals surface area contributed by atoms with Crippen LogP contribution in [0, 0.1) is 20.8 Å². The van der Waals surface area contributed by atoms with Crippen molar-refractivity contribution in [1.29, 1.82) is 0 Å². The van der Waals surface area contributed by atoms with Crippen LogP contribution in [0.3, 0.4) is 0 Å². The number of hydrogen-bond donors (Lipinski definition) is 0. The van der Waals surface area contributed by atoms with E-state index in [1.165, 1.54) is 11.8 Å². The molecule has 3 aromatic heterocycles. The smallest absolute Gasteiger partial charge is 0.196 e. The van der Waals surface area contributed by atoms with E-state index in [1.54, 1.807) is 12.4 Å². The summed E-state index contributed by atoms with van der Waals surface area (Å²) in [7, 11) is 0. The summed E-state index contributed by atoms with van der Waals surface area (Å²) in [6.45, 7) is 10.4. The minimum Gasteiger partial charge on any atom is -0.346 e. The second kappa shape index (κ2) is 9.12. The molecule has 0 saturated heterocycles. The number of ketones is 1. The Bertz CT molecular complexity index is 1260. The minimum atomic E-state index is 0.0970. The van der Waals surface area contributed by atoms with Crippen LogP contribution in [0.2, 0.25) is 0 Å². The summed E-state index contributed by atoms with van der Waals surface area (Å²) in [5, 5.41) is 9.60. The first-order chi connectivity index (χ1) is 15.4. The lowest BCUT2D eigenvalue weighted by Gasteiger charge is -2.14. The van der Waals surface area contributed by atoms with Gasteiger partial charge in [0.25, 0.3) is 0 Å². The van der Waals surface area contributed by atoms with Gasteiger partial charge in [-0.25, -0.2) is 0 Å². The van der Waals surface area contributed by atoms with Crippen molar-refractivity contribution in [3.63, 3.8) is 0 Å². The Morgan fingerprint density at radius 2 is 1.75 bits per heavy atom. The molecule has 4 aromatic rings. The largest absolute Gasteiger partial charge is 0.346 e. The van der Waals surface area contributed by atoms with Crippen LogP contribution in [0.1, 0.15) is 47.2 Å². The highest BCUT2D eigenvalue weighted by molar-refractivity contribution is 7.99. The standard InChI is InChI=1S/C25H27N5OS/c1-16(2)29-18(4)14-21(19(29)5)23(31)15-32-25-28-27-24(20-10-12-26-13-11-20)30(25)22-9-7-6-8-17(22)3/h6-14,16H,15H2,1-5H3. The summed E-state index contributed by atoms with van der Waals surface area (Å²) < 4.78 is 4.23. The van der Waals surface area contributed by atoms with Crippen molar-refractivity contribution < 1.29 is 4.79 Å². The third-order valence-electron chi connectivity index (χ3n) is 5.56. The molecule has 0 unspecified atom stereocenters. The molecule has 6 nitrogen and oxygen atoms in total. The molecule has 0 saturated carbocycles. The number of hydrogen-bond acceptors (Lipinski definition) is 5. The lowest BCUT2D eigenvalue weighted by Crippen LogP contribution is -2.09. The van der Waals surface area contributed by atoms with Gasteiger partial charge >= 0.3 is 0 Å². The van der Waals surface area contributed by atoms with E-state index in [9.17, 15) is 4.79 Å². The number of pyridine rings is 1. The van der Waals surface area contributed by atoms with Crippen molar-refractivity contribution in [2.75, 3.05) is 5.75 Å². The zero-order chi connectivity index (χ0) is 22.8. The molecule has 164 valence electrons. The monoisotopic (exact) mass is 445 g/mol. The van der Waals surface area contributed by atoms with Crippen LogP contribution in [-0.2, 0) is 0 Å². The second-order valence-corrected chi connectivity index (χ2v) is 9.07. The summed E-state index contributed by atoms with van der Waals surface area (Å²) in [5.41, 5.74) is 5.93. The molecule has 0 bridgehead atoms. The Kier molecular flexibility index (Phi) is 6.28. The molecular weight excluding hydrogens is 418 g/mol. The number of aryl methyl sites for hydroxylation is 2. The van der Waals surface area contributed by atoms with Crippen LogP contribution in [-0.4, -0.2) is 35.9 Å². The summed E-state index contributed by atoms with van der Waals surface area (Å²) in [6.07, 6.45) is 3.49. The number of aromatic nitrogens is 5. The van der Waals surface area contributed by atoms with E-state index in [0.29, 0.717) is 17.0 Å². The highest BCUT2D eigenvalue weighted by atomic mass is 32.2. The van der Waals surface area contributed by atoms with E-state index in [-0.39, 0.29) is 5.78 Å². The molecular formula is C25H27N5OS. The zero-order valence-corrected chi connectivity index (χ0v) is 19.8. The Morgan fingerprint density at radius 3 is 2.41 bits per heavy atom. The SMILES string of the molecule is Cc1ccccc1-n1c(SCC(=O)c2cc(C)n(C(C)C)c2C)nnc1-c1ccncc1. The van der Waals surface area contributed by atoms with Crippen LogP contribution < -0.4 is 0 Å². The Labute approximate surface area is 192 Å². The van der Waals surface area contributed by atoms with Crippen molar-refractivity contribution in [1.82, 2.24) is 24.3 Å². The van der Waals surface area contributed by atoms with Gasteiger partial charge < -0.3 is 4.57 Å². The zero-order valence-electron chi connectivity index (χ0n) is 19.0.